The van der Waals surface area contributed by atoms with Gasteiger partial charge in [0.25, 0.3) is 0 Å². The SMILES string of the molecule is C=C(C)[C@@H](Cc1ccccc1)S(=O)(=O)C[C@H](C)O. The van der Waals surface area contributed by atoms with Gasteiger partial charge in [0.1, 0.15) is 0 Å². The summed E-state index contributed by atoms with van der Waals surface area (Å²) in [5.41, 5.74) is 1.57. The Labute approximate surface area is 109 Å². The number of hydrogen-bond acceptors (Lipinski definition) is 3. The number of aliphatic hydroxyl groups is 1. The van der Waals surface area contributed by atoms with Crippen molar-refractivity contribution in [1.82, 2.24) is 0 Å². The number of rotatable bonds is 6. The van der Waals surface area contributed by atoms with Crippen molar-refractivity contribution in [2.24, 2.45) is 0 Å². The van der Waals surface area contributed by atoms with Crippen LogP contribution in [0.1, 0.15) is 19.4 Å². The van der Waals surface area contributed by atoms with Crippen molar-refractivity contribution in [2.45, 2.75) is 31.6 Å². The third-order valence-corrected chi connectivity index (χ3v) is 5.10. The van der Waals surface area contributed by atoms with Gasteiger partial charge in [-0.3, -0.25) is 0 Å². The van der Waals surface area contributed by atoms with Gasteiger partial charge in [-0.2, -0.15) is 0 Å². The van der Waals surface area contributed by atoms with Crippen LogP contribution in [0.4, 0.5) is 0 Å². The maximum Gasteiger partial charge on any atom is 0.159 e. The van der Waals surface area contributed by atoms with E-state index in [4.69, 9.17) is 0 Å². The predicted octanol–water partition coefficient (Wildman–Crippen LogP) is 1.97. The second-order valence-corrected chi connectivity index (χ2v) is 6.93. The molecule has 0 amide bonds. The molecule has 0 fully saturated rings. The van der Waals surface area contributed by atoms with E-state index in [2.05, 4.69) is 6.58 Å². The van der Waals surface area contributed by atoms with Crippen LogP contribution in [0.2, 0.25) is 0 Å². The summed E-state index contributed by atoms with van der Waals surface area (Å²) in [5.74, 6) is -0.225. The largest absolute Gasteiger partial charge is 0.392 e. The van der Waals surface area contributed by atoms with Crippen LogP contribution in [-0.2, 0) is 16.3 Å². The monoisotopic (exact) mass is 268 g/mol. The van der Waals surface area contributed by atoms with Crippen molar-refractivity contribution in [1.29, 1.82) is 0 Å². The molecular weight excluding hydrogens is 248 g/mol. The molecule has 2 atom stereocenters. The van der Waals surface area contributed by atoms with Crippen molar-refractivity contribution in [3.05, 3.63) is 48.0 Å². The standard InChI is InChI=1S/C14H20O3S/c1-11(2)14(18(16,17)10-12(3)15)9-13-7-5-4-6-8-13/h4-8,12,14-15H,1,9-10H2,2-3H3/t12-,14+/m0/s1. The molecule has 0 aliphatic heterocycles. The Morgan fingerprint density at radius 2 is 1.89 bits per heavy atom. The van der Waals surface area contributed by atoms with E-state index in [1.807, 2.05) is 30.3 Å². The summed E-state index contributed by atoms with van der Waals surface area (Å²) in [6, 6.07) is 9.45. The first-order valence-corrected chi connectivity index (χ1v) is 7.63. The fourth-order valence-electron chi connectivity index (χ4n) is 1.89. The number of benzene rings is 1. The molecule has 1 aromatic rings. The van der Waals surface area contributed by atoms with Crippen LogP contribution >= 0.6 is 0 Å². The second kappa shape index (κ2) is 6.16. The molecule has 0 aromatic heterocycles. The Kier molecular flexibility index (Phi) is 5.11. The highest BCUT2D eigenvalue weighted by Gasteiger charge is 2.27. The van der Waals surface area contributed by atoms with E-state index >= 15 is 0 Å². The summed E-state index contributed by atoms with van der Waals surface area (Å²) in [4.78, 5) is 0. The van der Waals surface area contributed by atoms with Crippen LogP contribution in [0, 0.1) is 0 Å². The van der Waals surface area contributed by atoms with Crippen molar-refractivity contribution in [3.8, 4) is 0 Å². The number of sulfone groups is 1. The van der Waals surface area contributed by atoms with E-state index in [-0.39, 0.29) is 5.75 Å². The molecule has 1 aromatic carbocycles. The van der Waals surface area contributed by atoms with Gasteiger partial charge in [0.15, 0.2) is 9.84 Å². The van der Waals surface area contributed by atoms with Crippen LogP contribution < -0.4 is 0 Å². The molecule has 1 N–H and O–H groups in total. The van der Waals surface area contributed by atoms with Crippen molar-refractivity contribution in [3.63, 3.8) is 0 Å². The van der Waals surface area contributed by atoms with E-state index in [1.165, 1.54) is 6.92 Å². The van der Waals surface area contributed by atoms with Gasteiger partial charge in [-0.15, -0.1) is 0 Å². The van der Waals surface area contributed by atoms with Crippen molar-refractivity contribution < 1.29 is 13.5 Å². The molecule has 18 heavy (non-hydrogen) atoms. The highest BCUT2D eigenvalue weighted by Crippen LogP contribution is 2.18. The molecule has 0 saturated carbocycles. The summed E-state index contributed by atoms with van der Waals surface area (Å²) in [6.07, 6.45) is -0.446. The summed E-state index contributed by atoms with van der Waals surface area (Å²) in [7, 11) is -3.37. The molecule has 0 unspecified atom stereocenters. The average Bonchev–Trinajstić information content (AvgIpc) is 2.25. The number of hydrogen-bond donors (Lipinski definition) is 1. The van der Waals surface area contributed by atoms with Gasteiger partial charge in [-0.05, 0) is 25.8 Å². The van der Waals surface area contributed by atoms with E-state index in [0.717, 1.165) is 5.56 Å². The molecule has 0 spiro atoms. The molecule has 100 valence electrons. The predicted molar refractivity (Wildman–Crippen MR) is 74.2 cm³/mol. The Balaban J connectivity index is 2.94. The number of aliphatic hydroxyl groups excluding tert-OH is 1. The highest BCUT2D eigenvalue weighted by molar-refractivity contribution is 7.92. The molecule has 4 heteroatoms. The first kappa shape index (κ1) is 14.9. The van der Waals surface area contributed by atoms with Gasteiger partial charge in [0.2, 0.25) is 0 Å². The maximum atomic E-state index is 12.2. The van der Waals surface area contributed by atoms with Crippen LogP contribution in [0.3, 0.4) is 0 Å². The van der Waals surface area contributed by atoms with Crippen LogP contribution in [0.15, 0.2) is 42.5 Å². The van der Waals surface area contributed by atoms with Crippen LogP contribution in [-0.4, -0.2) is 30.6 Å². The second-order valence-electron chi connectivity index (χ2n) is 4.70. The first-order valence-electron chi connectivity index (χ1n) is 5.92. The minimum atomic E-state index is -3.37. The lowest BCUT2D eigenvalue weighted by atomic mass is 10.1. The molecule has 3 nitrogen and oxygen atoms in total. The van der Waals surface area contributed by atoms with Crippen LogP contribution in [0.5, 0.6) is 0 Å². The van der Waals surface area contributed by atoms with Gasteiger partial charge >= 0.3 is 0 Å². The van der Waals surface area contributed by atoms with E-state index < -0.39 is 21.2 Å². The molecule has 0 radical (unpaired) electrons. The molecule has 0 saturated heterocycles. The summed E-state index contributed by atoms with van der Waals surface area (Å²) >= 11 is 0. The molecule has 0 aliphatic carbocycles. The Morgan fingerprint density at radius 1 is 1.33 bits per heavy atom. The van der Waals surface area contributed by atoms with Crippen molar-refractivity contribution >= 4 is 9.84 Å². The minimum absolute atomic E-state index is 0.225. The average molecular weight is 268 g/mol. The molecular formula is C14H20O3S. The topological polar surface area (TPSA) is 54.4 Å². The third-order valence-electron chi connectivity index (χ3n) is 2.72. The maximum absolute atomic E-state index is 12.2. The lowest BCUT2D eigenvalue weighted by Crippen LogP contribution is -2.31. The zero-order valence-corrected chi connectivity index (χ0v) is 11.7. The van der Waals surface area contributed by atoms with Gasteiger partial charge < -0.3 is 5.11 Å². The summed E-state index contributed by atoms with van der Waals surface area (Å²) in [5, 5.41) is 8.65. The molecule has 0 aliphatic rings. The summed E-state index contributed by atoms with van der Waals surface area (Å²) in [6.45, 7) is 6.96. The van der Waals surface area contributed by atoms with Crippen molar-refractivity contribution in [2.75, 3.05) is 5.75 Å². The minimum Gasteiger partial charge on any atom is -0.392 e. The van der Waals surface area contributed by atoms with Gasteiger partial charge in [0.05, 0.1) is 17.1 Å². The lowest BCUT2D eigenvalue weighted by molar-refractivity contribution is 0.218. The summed E-state index contributed by atoms with van der Waals surface area (Å²) < 4.78 is 24.3. The Bertz CT molecular complexity index is 489. The zero-order chi connectivity index (χ0) is 13.8. The Morgan fingerprint density at radius 3 is 2.33 bits per heavy atom. The van der Waals surface area contributed by atoms with Gasteiger partial charge in [-0.25, -0.2) is 8.42 Å². The lowest BCUT2D eigenvalue weighted by Gasteiger charge is -2.19. The smallest absolute Gasteiger partial charge is 0.159 e. The quantitative estimate of drug-likeness (QED) is 0.803. The first-order chi connectivity index (χ1) is 8.33. The van der Waals surface area contributed by atoms with Crippen LogP contribution in [0.25, 0.3) is 0 Å². The Hall–Kier alpha value is -1.13. The zero-order valence-electron chi connectivity index (χ0n) is 10.8. The molecule has 0 bridgehead atoms. The fourth-order valence-corrected chi connectivity index (χ4v) is 3.85. The van der Waals surface area contributed by atoms with Gasteiger partial charge in [-0.1, -0.05) is 42.5 Å². The normalized spacial score (nSPS) is 15.1. The van der Waals surface area contributed by atoms with E-state index in [1.54, 1.807) is 6.92 Å². The van der Waals surface area contributed by atoms with E-state index in [0.29, 0.717) is 12.0 Å². The molecule has 0 heterocycles. The molecule has 1 rings (SSSR count). The fraction of sp³-hybridized carbons (Fsp3) is 0.429. The van der Waals surface area contributed by atoms with E-state index in [9.17, 15) is 13.5 Å². The highest BCUT2D eigenvalue weighted by atomic mass is 32.2. The third kappa shape index (κ3) is 4.27. The van der Waals surface area contributed by atoms with Gasteiger partial charge in [0, 0.05) is 0 Å².